The molecule has 0 radical (unpaired) electrons. The largest absolute Gasteiger partial charge is 0.342 e. The third-order valence-corrected chi connectivity index (χ3v) is 7.19. The minimum absolute atomic E-state index is 0.277. The number of hydrogen-bond acceptors (Lipinski definition) is 7. The summed E-state index contributed by atoms with van der Waals surface area (Å²) in [5, 5.41) is 10.6. The van der Waals surface area contributed by atoms with E-state index >= 15 is 0 Å². The lowest BCUT2D eigenvalue weighted by Crippen LogP contribution is -2.33. The van der Waals surface area contributed by atoms with Crippen LogP contribution in [-0.4, -0.2) is 35.0 Å². The van der Waals surface area contributed by atoms with E-state index < -0.39 is 6.04 Å². The number of aromatic nitrogens is 6. The molecule has 1 atom stereocenters. The van der Waals surface area contributed by atoms with Crippen LogP contribution in [0.3, 0.4) is 0 Å². The molecule has 6 aromatic rings. The van der Waals surface area contributed by atoms with Crippen molar-refractivity contribution >= 4 is 33.8 Å². The first-order valence-electron chi connectivity index (χ1n) is 12.6. The van der Waals surface area contributed by atoms with Crippen LogP contribution >= 0.6 is 11.3 Å². The van der Waals surface area contributed by atoms with Crippen molar-refractivity contribution in [2.75, 3.05) is 0 Å². The first-order chi connectivity index (χ1) is 19.4. The number of nitrogens with one attached hydrogen (secondary N) is 1. The molecule has 0 saturated carbocycles. The molecule has 9 nitrogen and oxygen atoms in total. The summed E-state index contributed by atoms with van der Waals surface area (Å²) in [7, 11) is 0. The highest BCUT2D eigenvalue weighted by atomic mass is 32.1. The highest BCUT2D eigenvalue weighted by Crippen LogP contribution is 2.21. The number of thiazole rings is 1. The van der Waals surface area contributed by atoms with Gasteiger partial charge in [-0.25, -0.2) is 19.5 Å². The van der Waals surface area contributed by atoms with E-state index in [9.17, 15) is 9.59 Å². The third kappa shape index (κ3) is 4.52. The summed E-state index contributed by atoms with van der Waals surface area (Å²) in [6, 6.07) is 15.8. The van der Waals surface area contributed by atoms with Crippen molar-refractivity contribution in [2.45, 2.75) is 26.8 Å². The van der Waals surface area contributed by atoms with Crippen molar-refractivity contribution < 1.29 is 4.79 Å². The van der Waals surface area contributed by atoms with Gasteiger partial charge in [0, 0.05) is 23.3 Å². The smallest absolute Gasteiger partial charge is 0.267 e. The molecule has 196 valence electrons. The van der Waals surface area contributed by atoms with Gasteiger partial charge in [-0.2, -0.15) is 5.10 Å². The molecule has 0 aliphatic rings. The lowest BCUT2D eigenvalue weighted by molar-refractivity contribution is 0.0938. The normalized spacial score (nSPS) is 11.8. The monoisotopic (exact) mass is 545 g/mol. The highest BCUT2D eigenvalue weighted by Gasteiger charge is 2.24. The minimum atomic E-state index is -0.629. The number of para-hydroxylation sites is 1. The molecule has 0 fully saturated rings. The quantitative estimate of drug-likeness (QED) is 0.329. The van der Waals surface area contributed by atoms with Gasteiger partial charge in [0.25, 0.3) is 11.5 Å². The molecule has 1 amide bonds. The standard InChI is InChI=1S/C30H23N7O2S/c1-18-25(28-31-15-8-16-36(28)35-18)29(38)32-19(2)27-34-24-12-7-9-21(13-14-22-17-40-20(3)33-22)26(24)30(39)37(27)23-10-5-4-6-11-23/h4-12,15-17,19H,1-3H3,(H,32,38). The Morgan fingerprint density at radius 1 is 1.02 bits per heavy atom. The second-order valence-electron chi connectivity index (χ2n) is 9.19. The van der Waals surface area contributed by atoms with Crippen LogP contribution in [0.4, 0.5) is 0 Å². The summed E-state index contributed by atoms with van der Waals surface area (Å²) >= 11 is 1.52. The van der Waals surface area contributed by atoms with Crippen LogP contribution in [0.15, 0.2) is 77.2 Å². The predicted octanol–water partition coefficient (Wildman–Crippen LogP) is 4.39. The SMILES string of the molecule is Cc1nc(C#Cc2cccc3nc(C(C)NC(=O)c4c(C)nn5cccnc45)n(-c4ccccc4)c(=O)c23)cs1. The van der Waals surface area contributed by atoms with Crippen molar-refractivity contribution in [3.05, 3.63) is 116 Å². The number of rotatable bonds is 4. The maximum absolute atomic E-state index is 14.1. The molecule has 6 rings (SSSR count). The predicted molar refractivity (Wildman–Crippen MR) is 154 cm³/mol. The highest BCUT2D eigenvalue weighted by molar-refractivity contribution is 7.09. The van der Waals surface area contributed by atoms with Crippen LogP contribution in [0.1, 0.15) is 51.1 Å². The molecular weight excluding hydrogens is 522 g/mol. The first kappa shape index (κ1) is 25.2. The van der Waals surface area contributed by atoms with Gasteiger partial charge in [-0.1, -0.05) is 30.2 Å². The van der Waals surface area contributed by atoms with Crippen LogP contribution < -0.4 is 10.9 Å². The van der Waals surface area contributed by atoms with Crippen LogP contribution in [0.2, 0.25) is 0 Å². The van der Waals surface area contributed by atoms with Gasteiger partial charge < -0.3 is 5.32 Å². The number of nitrogens with zero attached hydrogens (tertiary/aromatic N) is 6. The van der Waals surface area contributed by atoms with Gasteiger partial charge in [0.05, 0.1) is 33.3 Å². The van der Waals surface area contributed by atoms with E-state index in [1.54, 1.807) is 49.0 Å². The summed E-state index contributed by atoms with van der Waals surface area (Å²) in [6.07, 6.45) is 3.36. The Hall–Kier alpha value is -5.14. The molecule has 0 aliphatic carbocycles. The second kappa shape index (κ2) is 10.2. The number of carbonyl (C=O) groups is 1. The van der Waals surface area contributed by atoms with Crippen LogP contribution in [-0.2, 0) is 0 Å². The van der Waals surface area contributed by atoms with Crippen LogP contribution in [0, 0.1) is 25.7 Å². The fourth-order valence-corrected chi connectivity index (χ4v) is 5.16. The second-order valence-corrected chi connectivity index (χ2v) is 10.3. The lowest BCUT2D eigenvalue weighted by Gasteiger charge is -2.20. The molecule has 0 aliphatic heterocycles. The van der Waals surface area contributed by atoms with Gasteiger partial charge in [0.1, 0.15) is 17.1 Å². The number of benzene rings is 2. The number of fused-ring (bicyclic) bond motifs is 2. The number of hydrogen-bond donors (Lipinski definition) is 1. The topological polar surface area (TPSA) is 107 Å². The number of amides is 1. The van der Waals surface area contributed by atoms with Crippen molar-refractivity contribution in [3.8, 4) is 17.5 Å². The molecule has 1 N–H and O–H groups in total. The summed E-state index contributed by atoms with van der Waals surface area (Å²) in [4.78, 5) is 41.2. The van der Waals surface area contributed by atoms with Gasteiger partial charge in [0.15, 0.2) is 5.65 Å². The zero-order chi connectivity index (χ0) is 27.8. The Balaban J connectivity index is 1.48. The van der Waals surface area contributed by atoms with Crippen LogP contribution in [0.5, 0.6) is 0 Å². The Labute approximate surface area is 233 Å². The van der Waals surface area contributed by atoms with Gasteiger partial charge >= 0.3 is 0 Å². The van der Waals surface area contributed by atoms with Crippen molar-refractivity contribution in [1.82, 2.24) is 34.4 Å². The molecule has 10 heteroatoms. The fourth-order valence-electron chi connectivity index (χ4n) is 4.62. The molecule has 40 heavy (non-hydrogen) atoms. The molecule has 0 saturated heterocycles. The maximum atomic E-state index is 14.1. The summed E-state index contributed by atoms with van der Waals surface area (Å²) in [5.74, 6) is 6.21. The van der Waals surface area contributed by atoms with Crippen molar-refractivity contribution in [1.29, 1.82) is 0 Å². The Morgan fingerprint density at radius 3 is 2.62 bits per heavy atom. The minimum Gasteiger partial charge on any atom is -0.342 e. The van der Waals surface area contributed by atoms with Crippen molar-refractivity contribution in [2.24, 2.45) is 0 Å². The zero-order valence-corrected chi connectivity index (χ0v) is 22.7. The summed E-state index contributed by atoms with van der Waals surface area (Å²) < 4.78 is 3.10. The third-order valence-electron chi connectivity index (χ3n) is 6.41. The van der Waals surface area contributed by atoms with Crippen molar-refractivity contribution in [3.63, 3.8) is 0 Å². The summed E-state index contributed by atoms with van der Waals surface area (Å²) in [6.45, 7) is 5.48. The molecule has 4 aromatic heterocycles. The van der Waals surface area contributed by atoms with E-state index in [0.717, 1.165) is 5.01 Å². The lowest BCUT2D eigenvalue weighted by atomic mass is 10.1. The maximum Gasteiger partial charge on any atom is 0.267 e. The molecular formula is C30H23N7O2S. The first-order valence-corrected chi connectivity index (χ1v) is 13.4. The van der Waals surface area contributed by atoms with Gasteiger partial charge in [-0.3, -0.25) is 14.2 Å². The molecule has 4 heterocycles. The van der Waals surface area contributed by atoms with Gasteiger partial charge in [-0.05, 0) is 57.0 Å². The van der Waals surface area contributed by atoms with E-state index in [2.05, 4.69) is 32.2 Å². The number of aryl methyl sites for hydroxylation is 2. The fraction of sp³-hybridized carbons (Fsp3) is 0.133. The van der Waals surface area contributed by atoms with Crippen LogP contribution in [0.25, 0.3) is 22.2 Å². The van der Waals surface area contributed by atoms with E-state index in [4.69, 9.17) is 4.98 Å². The average Bonchev–Trinajstić information content (AvgIpc) is 3.53. The Bertz CT molecular complexity index is 2030. The van der Waals surface area contributed by atoms with Gasteiger partial charge in [-0.15, -0.1) is 11.3 Å². The molecule has 2 aromatic carbocycles. The summed E-state index contributed by atoms with van der Waals surface area (Å²) in [5.41, 5.74) is 3.43. The van der Waals surface area contributed by atoms with E-state index in [0.29, 0.717) is 50.6 Å². The molecule has 0 bridgehead atoms. The van der Waals surface area contributed by atoms with E-state index in [1.807, 2.05) is 48.7 Å². The van der Waals surface area contributed by atoms with Gasteiger partial charge in [0.2, 0.25) is 0 Å². The average molecular weight is 546 g/mol. The molecule has 1 unspecified atom stereocenters. The van der Waals surface area contributed by atoms with E-state index in [-0.39, 0.29) is 11.5 Å². The zero-order valence-electron chi connectivity index (χ0n) is 21.9. The number of carbonyl (C=O) groups excluding carboxylic acids is 1. The Morgan fingerprint density at radius 2 is 1.85 bits per heavy atom. The Kier molecular flexibility index (Phi) is 6.42. The molecule has 0 spiro atoms. The van der Waals surface area contributed by atoms with E-state index in [1.165, 1.54) is 15.9 Å².